The lowest BCUT2D eigenvalue weighted by molar-refractivity contribution is -0.274. The minimum Gasteiger partial charge on any atom is -0.405 e. The average Bonchev–Trinajstić information content (AvgIpc) is 2.94. The summed E-state index contributed by atoms with van der Waals surface area (Å²) in [5.74, 6) is 1.91. The van der Waals surface area contributed by atoms with Gasteiger partial charge in [-0.3, -0.25) is 4.90 Å². The van der Waals surface area contributed by atoms with E-state index in [0.29, 0.717) is 47.2 Å². The number of rotatable bonds is 7. The number of nitrogens with one attached hydrogen (secondary N) is 2. The van der Waals surface area contributed by atoms with E-state index in [4.69, 9.17) is 0 Å². The summed E-state index contributed by atoms with van der Waals surface area (Å²) in [6.45, 7) is 1.04. The lowest BCUT2D eigenvalue weighted by atomic mass is 9.64. The zero-order chi connectivity index (χ0) is 29.0. The topological polar surface area (TPSA) is 105 Å². The summed E-state index contributed by atoms with van der Waals surface area (Å²) in [5.41, 5.74) is 0.331. The third kappa shape index (κ3) is 7.52. The number of fused-ring (bicyclic) bond motifs is 2. The minimum atomic E-state index is -4.78. The molecule has 0 spiro atoms. The summed E-state index contributed by atoms with van der Waals surface area (Å²) < 4.78 is 42.5. The number of aliphatic hydroxyl groups is 1. The summed E-state index contributed by atoms with van der Waals surface area (Å²) in [6.07, 6.45) is 5.12. The fourth-order valence-corrected chi connectivity index (χ4v) is 7.53. The second-order valence-corrected chi connectivity index (χ2v) is 12.1. The maximum atomic E-state index is 12.8. The molecule has 2 unspecified atom stereocenters. The van der Waals surface area contributed by atoms with Crippen LogP contribution < -0.4 is 15.4 Å². The summed E-state index contributed by atoms with van der Waals surface area (Å²) in [6, 6.07) is 9.40. The molecule has 0 radical (unpaired) electrons. The number of para-hydroxylation sites is 1. The van der Waals surface area contributed by atoms with Crippen LogP contribution in [0.15, 0.2) is 34.3 Å². The van der Waals surface area contributed by atoms with E-state index in [0.717, 1.165) is 45.1 Å². The van der Waals surface area contributed by atoms with Crippen molar-refractivity contribution in [3.05, 3.63) is 29.8 Å². The van der Waals surface area contributed by atoms with Gasteiger partial charge in [0.25, 0.3) is 0 Å². The second kappa shape index (κ2) is 13.0. The lowest BCUT2D eigenvalue weighted by Gasteiger charge is -2.52. The molecule has 8 nitrogen and oxygen atoms in total. The molecule has 224 valence electrons. The van der Waals surface area contributed by atoms with E-state index < -0.39 is 12.3 Å². The van der Waals surface area contributed by atoms with Crippen molar-refractivity contribution in [3.8, 4) is 11.8 Å². The Morgan fingerprint density at radius 1 is 1.07 bits per heavy atom. The van der Waals surface area contributed by atoms with Gasteiger partial charge < -0.3 is 20.5 Å². The number of aliphatic imine (C=N–C) groups is 2. The molecule has 1 aliphatic heterocycles. The second-order valence-electron chi connectivity index (χ2n) is 12.1. The van der Waals surface area contributed by atoms with Crippen molar-refractivity contribution < 1.29 is 23.0 Å². The normalized spacial score (nSPS) is 32.0. The van der Waals surface area contributed by atoms with Gasteiger partial charge in [0.15, 0.2) is 0 Å². The van der Waals surface area contributed by atoms with Gasteiger partial charge >= 0.3 is 6.36 Å². The fraction of sp³-hybridized carbons (Fsp3) is 0.700. The van der Waals surface area contributed by atoms with Crippen molar-refractivity contribution in [2.45, 2.75) is 88.9 Å². The number of hydrogen-bond acceptors (Lipinski definition) is 8. The number of benzene rings is 1. The molecule has 3 N–H and O–H groups in total. The Bertz CT molecular complexity index is 1130. The molecule has 3 aliphatic carbocycles. The van der Waals surface area contributed by atoms with E-state index in [1.54, 1.807) is 12.1 Å². The SMILES string of the molecule is CN([C@H]1CC[C@@H](O)CC1)[C@@H]1[C@@H]2CCC[C@H]1CC(CNC1=NC(NCc3ccccc3OC(F)(F)F)=NCC1C#N)C2. The summed E-state index contributed by atoms with van der Waals surface area (Å²) in [5, 5.41) is 26.1. The molecule has 4 aliphatic rings. The van der Waals surface area contributed by atoms with Crippen LogP contribution in [0.3, 0.4) is 0 Å². The molecule has 0 saturated heterocycles. The van der Waals surface area contributed by atoms with Gasteiger partial charge in [0.2, 0.25) is 5.96 Å². The van der Waals surface area contributed by atoms with Crippen molar-refractivity contribution in [2.75, 3.05) is 20.1 Å². The summed E-state index contributed by atoms with van der Waals surface area (Å²) >= 11 is 0. The number of nitrogens with zero attached hydrogens (tertiary/aromatic N) is 4. The predicted molar refractivity (Wildman–Crippen MR) is 150 cm³/mol. The summed E-state index contributed by atoms with van der Waals surface area (Å²) in [4.78, 5) is 11.5. The number of guanidine groups is 1. The van der Waals surface area contributed by atoms with E-state index >= 15 is 0 Å². The zero-order valence-corrected chi connectivity index (χ0v) is 23.6. The first-order chi connectivity index (χ1) is 19.7. The first-order valence-corrected chi connectivity index (χ1v) is 14.9. The molecule has 1 heterocycles. The van der Waals surface area contributed by atoms with Crippen LogP contribution in [0.1, 0.15) is 63.4 Å². The fourth-order valence-electron chi connectivity index (χ4n) is 7.53. The standard InChI is InChI=1S/C30H41F3N6O2/c1-39(24-9-11-25(40)12-10-24)27-20-6-4-7-21(27)14-19(13-20)16-35-28-23(15-34)18-37-29(38-28)36-17-22-5-2-3-8-26(22)41-30(31,32)33/h2-3,5,8,19-21,23-25,27,40H,4,6-7,9-14,16-18H2,1H3,(H2,35,36,37,38)/t19?,20-,21+,23?,24-,25+,27-. The van der Waals surface area contributed by atoms with Gasteiger partial charge in [-0.05, 0) is 82.2 Å². The van der Waals surface area contributed by atoms with Crippen LogP contribution in [0.2, 0.25) is 0 Å². The zero-order valence-electron chi connectivity index (χ0n) is 23.6. The average molecular weight is 575 g/mol. The van der Waals surface area contributed by atoms with Crippen molar-refractivity contribution in [1.82, 2.24) is 15.5 Å². The monoisotopic (exact) mass is 574 g/mol. The molecule has 5 rings (SSSR count). The highest BCUT2D eigenvalue weighted by Gasteiger charge is 2.44. The van der Waals surface area contributed by atoms with E-state index in [1.807, 2.05) is 0 Å². The van der Waals surface area contributed by atoms with Crippen LogP contribution in [0.4, 0.5) is 13.2 Å². The third-order valence-electron chi connectivity index (χ3n) is 9.44. The number of aliphatic hydroxyl groups excluding tert-OH is 1. The molecular weight excluding hydrogens is 533 g/mol. The molecule has 1 aromatic carbocycles. The van der Waals surface area contributed by atoms with Crippen LogP contribution in [0, 0.1) is 35.0 Å². The van der Waals surface area contributed by atoms with Crippen LogP contribution in [0.25, 0.3) is 0 Å². The van der Waals surface area contributed by atoms with Crippen LogP contribution in [-0.4, -0.2) is 66.5 Å². The molecule has 0 amide bonds. The quantitative estimate of drug-likeness (QED) is 0.440. The lowest BCUT2D eigenvalue weighted by Crippen LogP contribution is -2.55. The van der Waals surface area contributed by atoms with Gasteiger partial charge in [0.05, 0.1) is 18.7 Å². The Kier molecular flexibility index (Phi) is 9.39. The van der Waals surface area contributed by atoms with Crippen molar-refractivity contribution >= 4 is 11.8 Å². The Labute approximate surface area is 240 Å². The Hall–Kier alpha value is -2.84. The molecule has 3 saturated carbocycles. The molecule has 11 heteroatoms. The number of alkyl halides is 3. The molecular formula is C30H41F3N6O2. The van der Waals surface area contributed by atoms with Crippen LogP contribution in [-0.2, 0) is 6.54 Å². The van der Waals surface area contributed by atoms with Crippen LogP contribution >= 0.6 is 0 Å². The van der Waals surface area contributed by atoms with Crippen molar-refractivity contribution in [2.24, 2.45) is 33.7 Å². The van der Waals surface area contributed by atoms with Gasteiger partial charge in [-0.25, -0.2) is 4.99 Å². The minimum absolute atomic E-state index is 0.0555. The van der Waals surface area contributed by atoms with Gasteiger partial charge in [0.1, 0.15) is 17.5 Å². The maximum Gasteiger partial charge on any atom is 0.573 e. The first kappa shape index (κ1) is 29.6. The predicted octanol–water partition coefficient (Wildman–Crippen LogP) is 4.60. The molecule has 41 heavy (non-hydrogen) atoms. The largest absolute Gasteiger partial charge is 0.573 e. The van der Waals surface area contributed by atoms with E-state index in [1.165, 1.54) is 31.4 Å². The van der Waals surface area contributed by atoms with E-state index in [9.17, 15) is 23.5 Å². The van der Waals surface area contributed by atoms with Gasteiger partial charge in [-0.1, -0.05) is 24.6 Å². The van der Waals surface area contributed by atoms with Crippen molar-refractivity contribution in [1.29, 1.82) is 5.26 Å². The molecule has 1 aromatic rings. The van der Waals surface area contributed by atoms with Crippen molar-refractivity contribution in [3.63, 3.8) is 0 Å². The number of amidine groups is 1. The Balaban J connectivity index is 1.17. The van der Waals surface area contributed by atoms with E-state index in [-0.39, 0.29) is 24.9 Å². The third-order valence-corrected chi connectivity index (χ3v) is 9.44. The number of ether oxygens (including phenoxy) is 1. The van der Waals surface area contributed by atoms with Gasteiger partial charge in [-0.15, -0.1) is 13.2 Å². The maximum absolute atomic E-state index is 12.8. The number of hydrogen-bond donors (Lipinski definition) is 3. The van der Waals surface area contributed by atoms with E-state index in [2.05, 4.69) is 43.4 Å². The number of halogens is 3. The highest BCUT2D eigenvalue weighted by atomic mass is 19.4. The smallest absolute Gasteiger partial charge is 0.405 e. The Morgan fingerprint density at radius 3 is 2.46 bits per heavy atom. The molecule has 2 bridgehead atoms. The number of nitriles is 1. The van der Waals surface area contributed by atoms with Gasteiger partial charge in [-0.2, -0.15) is 10.3 Å². The molecule has 5 atom stereocenters. The Morgan fingerprint density at radius 2 is 1.78 bits per heavy atom. The molecule has 3 fully saturated rings. The highest BCUT2D eigenvalue weighted by molar-refractivity contribution is 6.00. The van der Waals surface area contributed by atoms with Gasteiger partial charge in [0, 0.05) is 30.7 Å². The summed E-state index contributed by atoms with van der Waals surface area (Å²) in [7, 11) is 2.30. The first-order valence-electron chi connectivity index (χ1n) is 14.9. The highest BCUT2D eigenvalue weighted by Crippen LogP contribution is 2.46. The molecule has 0 aromatic heterocycles. The van der Waals surface area contributed by atoms with Crippen LogP contribution in [0.5, 0.6) is 5.75 Å².